The lowest BCUT2D eigenvalue weighted by atomic mass is 10.0. The van der Waals surface area contributed by atoms with Crippen molar-refractivity contribution in [1.29, 1.82) is 0 Å². The van der Waals surface area contributed by atoms with Crippen molar-refractivity contribution >= 4 is 5.82 Å². The van der Waals surface area contributed by atoms with Gasteiger partial charge in [-0.25, -0.2) is 0 Å². The maximum atomic E-state index is 5.94. The predicted molar refractivity (Wildman–Crippen MR) is 83.7 cm³/mol. The first-order valence-corrected chi connectivity index (χ1v) is 7.09. The highest BCUT2D eigenvalue weighted by Crippen LogP contribution is 2.28. The van der Waals surface area contributed by atoms with Gasteiger partial charge in [0, 0.05) is 12.6 Å². The molecule has 2 rings (SSSR count). The molecule has 106 valence electrons. The zero-order valence-electron chi connectivity index (χ0n) is 12.6. The summed E-state index contributed by atoms with van der Waals surface area (Å²) in [5, 5.41) is 3.19. The average Bonchev–Trinajstić information content (AvgIpc) is 2.42. The van der Waals surface area contributed by atoms with Gasteiger partial charge in [0.25, 0.3) is 0 Å². The third kappa shape index (κ3) is 3.50. The number of hydrogen-bond donors (Lipinski definition) is 1. The molecule has 0 unspecified atom stereocenters. The van der Waals surface area contributed by atoms with Gasteiger partial charge in [0.05, 0.1) is 0 Å². The van der Waals surface area contributed by atoms with Gasteiger partial charge in [-0.2, -0.15) is 4.98 Å². The van der Waals surface area contributed by atoms with Crippen molar-refractivity contribution in [2.75, 3.05) is 11.9 Å². The quantitative estimate of drug-likeness (QED) is 0.852. The van der Waals surface area contributed by atoms with Gasteiger partial charge in [-0.05, 0) is 43.0 Å². The van der Waals surface area contributed by atoms with Gasteiger partial charge in [0.1, 0.15) is 11.6 Å². The molecule has 0 bridgehead atoms. The molecule has 2 aromatic rings. The molecule has 0 aliphatic carbocycles. The van der Waals surface area contributed by atoms with Crippen molar-refractivity contribution in [2.24, 2.45) is 0 Å². The fourth-order valence-corrected chi connectivity index (χ4v) is 1.95. The van der Waals surface area contributed by atoms with Crippen LogP contribution in [0.1, 0.15) is 37.8 Å². The van der Waals surface area contributed by atoms with Crippen molar-refractivity contribution in [3.05, 3.63) is 47.5 Å². The number of aromatic nitrogens is 1. The van der Waals surface area contributed by atoms with Crippen molar-refractivity contribution in [3.8, 4) is 11.6 Å². The van der Waals surface area contributed by atoms with Gasteiger partial charge in [-0.3, -0.25) is 0 Å². The van der Waals surface area contributed by atoms with Crippen LogP contribution in [0.15, 0.2) is 36.4 Å². The highest BCUT2D eigenvalue weighted by molar-refractivity contribution is 5.42. The van der Waals surface area contributed by atoms with Crippen LogP contribution in [0.3, 0.4) is 0 Å². The lowest BCUT2D eigenvalue weighted by Crippen LogP contribution is -2.00. The summed E-state index contributed by atoms with van der Waals surface area (Å²) in [6.45, 7) is 9.30. The van der Waals surface area contributed by atoms with Crippen molar-refractivity contribution < 1.29 is 4.74 Å². The fraction of sp³-hybridized carbons (Fsp3) is 0.353. The normalized spacial score (nSPS) is 10.7. The number of anilines is 1. The fourth-order valence-electron chi connectivity index (χ4n) is 1.95. The van der Waals surface area contributed by atoms with E-state index in [0.717, 1.165) is 23.7 Å². The molecule has 3 nitrogen and oxygen atoms in total. The summed E-state index contributed by atoms with van der Waals surface area (Å²) in [6.07, 6.45) is 0. The third-order valence-electron chi connectivity index (χ3n) is 3.17. The average molecular weight is 270 g/mol. The molecule has 20 heavy (non-hydrogen) atoms. The maximum absolute atomic E-state index is 5.94. The first-order valence-electron chi connectivity index (χ1n) is 7.09. The standard InChI is InChI=1S/C17H22N2O/c1-5-18-16-7-6-8-17(19-16)20-15-11-14(12(2)3)10-9-13(15)4/h6-12H,5H2,1-4H3,(H,18,19). The largest absolute Gasteiger partial charge is 0.439 e. The number of rotatable bonds is 5. The first kappa shape index (κ1) is 14.4. The summed E-state index contributed by atoms with van der Waals surface area (Å²) in [5.74, 6) is 2.81. The van der Waals surface area contributed by atoms with Crippen LogP contribution in [-0.2, 0) is 0 Å². The Hall–Kier alpha value is -2.03. The van der Waals surface area contributed by atoms with Crippen LogP contribution in [-0.4, -0.2) is 11.5 Å². The molecule has 0 fully saturated rings. The number of pyridine rings is 1. The Kier molecular flexibility index (Phi) is 4.61. The van der Waals surface area contributed by atoms with Gasteiger partial charge in [-0.1, -0.05) is 32.0 Å². The lowest BCUT2D eigenvalue weighted by Gasteiger charge is -2.12. The summed E-state index contributed by atoms with van der Waals surface area (Å²) in [4.78, 5) is 4.44. The number of aryl methyl sites for hydroxylation is 1. The molecule has 0 saturated carbocycles. The highest BCUT2D eigenvalue weighted by Gasteiger charge is 2.07. The molecule has 1 N–H and O–H groups in total. The molecule has 0 amide bonds. The van der Waals surface area contributed by atoms with Gasteiger partial charge in [0.2, 0.25) is 5.88 Å². The molecule has 0 aliphatic rings. The van der Waals surface area contributed by atoms with Crippen LogP contribution in [0.5, 0.6) is 11.6 Å². The number of nitrogens with one attached hydrogen (secondary N) is 1. The van der Waals surface area contributed by atoms with Crippen molar-refractivity contribution in [2.45, 2.75) is 33.6 Å². The molecule has 1 aromatic carbocycles. The van der Waals surface area contributed by atoms with Gasteiger partial charge in [0.15, 0.2) is 0 Å². The summed E-state index contributed by atoms with van der Waals surface area (Å²) >= 11 is 0. The molecule has 0 saturated heterocycles. The predicted octanol–water partition coefficient (Wildman–Crippen LogP) is 4.74. The second-order valence-corrected chi connectivity index (χ2v) is 5.17. The van der Waals surface area contributed by atoms with E-state index in [1.807, 2.05) is 32.0 Å². The van der Waals surface area contributed by atoms with E-state index in [4.69, 9.17) is 4.74 Å². The lowest BCUT2D eigenvalue weighted by molar-refractivity contribution is 0.459. The van der Waals surface area contributed by atoms with Crippen LogP contribution in [0.4, 0.5) is 5.82 Å². The molecule has 0 aliphatic heterocycles. The van der Waals surface area contributed by atoms with Crippen LogP contribution < -0.4 is 10.1 Å². The van der Waals surface area contributed by atoms with Gasteiger partial charge < -0.3 is 10.1 Å². The summed E-state index contributed by atoms with van der Waals surface area (Å²) < 4.78 is 5.94. The zero-order valence-corrected chi connectivity index (χ0v) is 12.6. The summed E-state index contributed by atoms with van der Waals surface area (Å²) in [5.41, 5.74) is 2.39. The smallest absolute Gasteiger partial charge is 0.221 e. The van der Waals surface area contributed by atoms with Crippen molar-refractivity contribution in [1.82, 2.24) is 4.98 Å². The molecule has 3 heteroatoms. The van der Waals surface area contributed by atoms with E-state index < -0.39 is 0 Å². The molecular weight excluding hydrogens is 248 g/mol. The van der Waals surface area contributed by atoms with E-state index in [0.29, 0.717) is 11.8 Å². The maximum Gasteiger partial charge on any atom is 0.221 e. The number of ether oxygens (including phenoxy) is 1. The number of benzene rings is 1. The summed E-state index contributed by atoms with van der Waals surface area (Å²) in [7, 11) is 0. The number of hydrogen-bond acceptors (Lipinski definition) is 3. The first-order chi connectivity index (χ1) is 9.60. The SMILES string of the molecule is CCNc1cccc(Oc2cc(C(C)C)ccc2C)n1. The van der Waals surface area contributed by atoms with E-state index in [-0.39, 0.29) is 0 Å². The third-order valence-corrected chi connectivity index (χ3v) is 3.17. The minimum Gasteiger partial charge on any atom is -0.439 e. The molecule has 0 atom stereocenters. The Bertz CT molecular complexity index is 579. The topological polar surface area (TPSA) is 34.1 Å². The van der Waals surface area contributed by atoms with Crippen molar-refractivity contribution in [3.63, 3.8) is 0 Å². The van der Waals surface area contributed by atoms with E-state index in [9.17, 15) is 0 Å². The molecule has 1 heterocycles. The van der Waals surface area contributed by atoms with Crippen LogP contribution in [0.2, 0.25) is 0 Å². The van der Waals surface area contributed by atoms with E-state index >= 15 is 0 Å². The molecule has 0 spiro atoms. The van der Waals surface area contributed by atoms with Crippen LogP contribution >= 0.6 is 0 Å². The second kappa shape index (κ2) is 6.42. The highest BCUT2D eigenvalue weighted by atomic mass is 16.5. The second-order valence-electron chi connectivity index (χ2n) is 5.17. The molecule has 0 radical (unpaired) electrons. The van der Waals surface area contributed by atoms with Gasteiger partial charge in [-0.15, -0.1) is 0 Å². The van der Waals surface area contributed by atoms with E-state index in [1.54, 1.807) is 0 Å². The Morgan fingerprint density at radius 2 is 2.00 bits per heavy atom. The van der Waals surface area contributed by atoms with E-state index in [1.165, 1.54) is 5.56 Å². The Morgan fingerprint density at radius 1 is 1.20 bits per heavy atom. The van der Waals surface area contributed by atoms with Gasteiger partial charge >= 0.3 is 0 Å². The van der Waals surface area contributed by atoms with Crippen LogP contribution in [0, 0.1) is 6.92 Å². The van der Waals surface area contributed by atoms with E-state index in [2.05, 4.69) is 42.3 Å². The minimum atomic E-state index is 0.485. The van der Waals surface area contributed by atoms with Crippen LogP contribution in [0.25, 0.3) is 0 Å². The molecular formula is C17H22N2O. The minimum absolute atomic E-state index is 0.485. The molecule has 1 aromatic heterocycles. The Morgan fingerprint density at radius 3 is 2.70 bits per heavy atom. The zero-order chi connectivity index (χ0) is 14.5. The Labute approximate surface area is 121 Å². The summed E-state index contributed by atoms with van der Waals surface area (Å²) in [6, 6.07) is 12.1. The monoisotopic (exact) mass is 270 g/mol. The Balaban J connectivity index is 2.25. The number of nitrogens with zero attached hydrogens (tertiary/aromatic N) is 1.